The maximum absolute atomic E-state index is 12.3. The van der Waals surface area contributed by atoms with Gasteiger partial charge in [-0.15, -0.1) is 0 Å². The number of nitrogens with two attached hydrogens (primary N) is 1. The molecule has 20 heavy (non-hydrogen) atoms. The molecule has 1 aromatic rings. The van der Waals surface area contributed by atoms with Gasteiger partial charge in [0.15, 0.2) is 0 Å². The highest BCUT2D eigenvalue weighted by molar-refractivity contribution is 5.79. The van der Waals surface area contributed by atoms with Gasteiger partial charge in [0.05, 0.1) is 0 Å². The van der Waals surface area contributed by atoms with Crippen molar-refractivity contribution >= 4 is 5.91 Å². The van der Waals surface area contributed by atoms with E-state index >= 15 is 0 Å². The third kappa shape index (κ3) is 3.60. The van der Waals surface area contributed by atoms with E-state index in [1.165, 1.54) is 11.1 Å². The van der Waals surface area contributed by atoms with Gasteiger partial charge in [0.25, 0.3) is 0 Å². The van der Waals surface area contributed by atoms with Crippen molar-refractivity contribution in [2.75, 3.05) is 7.05 Å². The fourth-order valence-corrected chi connectivity index (χ4v) is 2.91. The van der Waals surface area contributed by atoms with Gasteiger partial charge in [-0.3, -0.25) is 4.79 Å². The van der Waals surface area contributed by atoms with Crippen molar-refractivity contribution in [2.45, 2.75) is 51.6 Å². The van der Waals surface area contributed by atoms with Crippen LogP contribution in [0.3, 0.4) is 0 Å². The van der Waals surface area contributed by atoms with Crippen LogP contribution >= 0.6 is 0 Å². The summed E-state index contributed by atoms with van der Waals surface area (Å²) in [4.78, 5) is 14.2. The van der Waals surface area contributed by atoms with Crippen LogP contribution in [0.5, 0.6) is 0 Å². The van der Waals surface area contributed by atoms with Crippen LogP contribution in [0.1, 0.15) is 50.2 Å². The first-order valence-electron chi connectivity index (χ1n) is 7.56. The molecule has 2 N–H and O–H groups in total. The van der Waals surface area contributed by atoms with Crippen LogP contribution in [0, 0.1) is 5.92 Å². The lowest BCUT2D eigenvalue weighted by atomic mass is 10.0. The van der Waals surface area contributed by atoms with E-state index in [2.05, 4.69) is 38.1 Å². The Morgan fingerprint density at radius 3 is 2.45 bits per heavy atom. The number of hydrogen-bond donors (Lipinski definition) is 1. The van der Waals surface area contributed by atoms with Gasteiger partial charge in [0.1, 0.15) is 0 Å². The summed E-state index contributed by atoms with van der Waals surface area (Å²) in [5, 5.41) is 0. The molecule has 1 aromatic carbocycles. The van der Waals surface area contributed by atoms with Gasteiger partial charge in [0.2, 0.25) is 5.91 Å². The van der Waals surface area contributed by atoms with Crippen LogP contribution < -0.4 is 5.73 Å². The van der Waals surface area contributed by atoms with Gasteiger partial charge < -0.3 is 10.6 Å². The van der Waals surface area contributed by atoms with Crippen molar-refractivity contribution in [2.24, 2.45) is 11.7 Å². The number of carbonyl (C=O) groups is 1. The SMILES string of the molecule is CC(C)c1ccc(CN(C)C(=O)C2CCC(N)C2)cc1. The summed E-state index contributed by atoms with van der Waals surface area (Å²) < 4.78 is 0. The molecule has 0 aliphatic heterocycles. The normalized spacial score (nSPS) is 22.2. The molecule has 3 heteroatoms. The van der Waals surface area contributed by atoms with E-state index < -0.39 is 0 Å². The Kier molecular flexibility index (Phi) is 4.81. The third-order valence-electron chi connectivity index (χ3n) is 4.26. The van der Waals surface area contributed by atoms with Gasteiger partial charge in [-0.05, 0) is 36.3 Å². The smallest absolute Gasteiger partial charge is 0.225 e. The Morgan fingerprint density at radius 1 is 1.30 bits per heavy atom. The van der Waals surface area contributed by atoms with Crippen molar-refractivity contribution in [1.29, 1.82) is 0 Å². The monoisotopic (exact) mass is 274 g/mol. The van der Waals surface area contributed by atoms with Crippen molar-refractivity contribution < 1.29 is 4.79 Å². The van der Waals surface area contributed by atoms with Crippen molar-refractivity contribution in [3.8, 4) is 0 Å². The van der Waals surface area contributed by atoms with Gasteiger partial charge in [0, 0.05) is 25.6 Å². The lowest BCUT2D eigenvalue weighted by Gasteiger charge is -2.21. The zero-order valence-corrected chi connectivity index (χ0v) is 12.8. The molecule has 2 rings (SSSR count). The molecule has 1 fully saturated rings. The van der Waals surface area contributed by atoms with E-state index in [9.17, 15) is 4.79 Å². The molecule has 0 saturated heterocycles. The number of amides is 1. The second-order valence-corrected chi connectivity index (χ2v) is 6.36. The number of hydrogen-bond acceptors (Lipinski definition) is 2. The molecule has 0 radical (unpaired) electrons. The first kappa shape index (κ1) is 15.0. The Bertz CT molecular complexity index is 453. The van der Waals surface area contributed by atoms with E-state index in [0.29, 0.717) is 12.5 Å². The molecule has 0 heterocycles. The molecular formula is C17H26N2O. The minimum absolute atomic E-state index is 0.130. The molecule has 110 valence electrons. The third-order valence-corrected chi connectivity index (χ3v) is 4.26. The molecule has 1 aliphatic carbocycles. The minimum atomic E-state index is 0.130. The lowest BCUT2D eigenvalue weighted by molar-refractivity contribution is -0.134. The van der Waals surface area contributed by atoms with Crippen LogP contribution in [0.2, 0.25) is 0 Å². The predicted molar refractivity (Wildman–Crippen MR) is 82.3 cm³/mol. The highest BCUT2D eigenvalue weighted by Crippen LogP contribution is 2.26. The molecular weight excluding hydrogens is 248 g/mol. The molecule has 0 spiro atoms. The average molecular weight is 274 g/mol. The molecule has 2 unspecified atom stereocenters. The molecule has 2 atom stereocenters. The van der Waals surface area contributed by atoms with Crippen LogP contribution in [-0.4, -0.2) is 23.9 Å². The highest BCUT2D eigenvalue weighted by atomic mass is 16.2. The van der Waals surface area contributed by atoms with Crippen molar-refractivity contribution in [3.63, 3.8) is 0 Å². The topological polar surface area (TPSA) is 46.3 Å². The summed E-state index contributed by atoms with van der Waals surface area (Å²) in [6.07, 6.45) is 2.76. The molecule has 0 aromatic heterocycles. The summed E-state index contributed by atoms with van der Waals surface area (Å²) in [5.74, 6) is 0.916. The largest absolute Gasteiger partial charge is 0.341 e. The highest BCUT2D eigenvalue weighted by Gasteiger charge is 2.29. The predicted octanol–water partition coefficient (Wildman–Crippen LogP) is 2.90. The minimum Gasteiger partial charge on any atom is -0.341 e. The fraction of sp³-hybridized carbons (Fsp3) is 0.588. The maximum atomic E-state index is 12.3. The molecule has 3 nitrogen and oxygen atoms in total. The van der Waals surface area contributed by atoms with Crippen LogP contribution in [0.25, 0.3) is 0 Å². The Morgan fingerprint density at radius 2 is 1.95 bits per heavy atom. The van der Waals surface area contributed by atoms with Gasteiger partial charge >= 0.3 is 0 Å². The molecule has 0 bridgehead atoms. The van der Waals surface area contributed by atoms with Crippen molar-refractivity contribution in [1.82, 2.24) is 4.90 Å². The second-order valence-electron chi connectivity index (χ2n) is 6.36. The average Bonchev–Trinajstić information content (AvgIpc) is 2.85. The zero-order chi connectivity index (χ0) is 14.7. The number of benzene rings is 1. The molecule has 1 saturated carbocycles. The first-order chi connectivity index (χ1) is 9.47. The van der Waals surface area contributed by atoms with E-state index in [-0.39, 0.29) is 17.9 Å². The summed E-state index contributed by atoms with van der Waals surface area (Å²) in [6, 6.07) is 8.77. The van der Waals surface area contributed by atoms with E-state index in [4.69, 9.17) is 5.73 Å². The summed E-state index contributed by atoms with van der Waals surface area (Å²) >= 11 is 0. The van der Waals surface area contributed by atoms with E-state index in [0.717, 1.165) is 19.3 Å². The Hall–Kier alpha value is -1.35. The van der Waals surface area contributed by atoms with Crippen molar-refractivity contribution in [3.05, 3.63) is 35.4 Å². The summed E-state index contributed by atoms with van der Waals surface area (Å²) in [5.41, 5.74) is 8.41. The first-order valence-corrected chi connectivity index (χ1v) is 7.56. The number of rotatable bonds is 4. The Balaban J connectivity index is 1.93. The van der Waals surface area contributed by atoms with E-state index in [1.807, 2.05) is 11.9 Å². The Labute approximate surface area is 122 Å². The van der Waals surface area contributed by atoms with Crippen LogP contribution in [0.4, 0.5) is 0 Å². The van der Waals surface area contributed by atoms with Gasteiger partial charge in [-0.25, -0.2) is 0 Å². The van der Waals surface area contributed by atoms with Gasteiger partial charge in [-0.1, -0.05) is 38.1 Å². The number of carbonyl (C=O) groups excluding carboxylic acids is 1. The number of nitrogens with zero attached hydrogens (tertiary/aromatic N) is 1. The lowest BCUT2D eigenvalue weighted by Crippen LogP contribution is -2.32. The molecule has 1 amide bonds. The fourth-order valence-electron chi connectivity index (χ4n) is 2.91. The standard InChI is InChI=1S/C17H26N2O/c1-12(2)14-6-4-13(5-7-14)11-19(3)17(20)15-8-9-16(18)10-15/h4-7,12,15-16H,8-11,18H2,1-3H3. The molecule has 1 aliphatic rings. The van der Waals surface area contributed by atoms with E-state index in [1.54, 1.807) is 0 Å². The zero-order valence-electron chi connectivity index (χ0n) is 12.8. The van der Waals surface area contributed by atoms with Crippen LogP contribution in [-0.2, 0) is 11.3 Å². The van der Waals surface area contributed by atoms with Gasteiger partial charge in [-0.2, -0.15) is 0 Å². The maximum Gasteiger partial charge on any atom is 0.225 e. The second kappa shape index (κ2) is 6.40. The quantitative estimate of drug-likeness (QED) is 0.917. The summed E-state index contributed by atoms with van der Waals surface area (Å²) in [7, 11) is 1.89. The summed E-state index contributed by atoms with van der Waals surface area (Å²) in [6.45, 7) is 5.06. The van der Waals surface area contributed by atoms with Crippen LogP contribution in [0.15, 0.2) is 24.3 Å².